The molecule has 2 aromatic carbocycles. The monoisotopic (exact) mass is 285 g/mol. The SMILES string of the molecule is CC(O)(c1ccc([N+](=O)[O-])c2ccccc12)C(F)(F)F. The fourth-order valence-corrected chi connectivity index (χ4v) is 2.02. The van der Waals surface area contributed by atoms with E-state index < -0.39 is 22.3 Å². The van der Waals surface area contributed by atoms with E-state index >= 15 is 0 Å². The van der Waals surface area contributed by atoms with Gasteiger partial charge in [0.25, 0.3) is 5.69 Å². The van der Waals surface area contributed by atoms with Crippen molar-refractivity contribution in [3.63, 3.8) is 0 Å². The van der Waals surface area contributed by atoms with Gasteiger partial charge >= 0.3 is 6.18 Å². The molecule has 0 aliphatic rings. The lowest BCUT2D eigenvalue weighted by atomic mass is 9.90. The van der Waals surface area contributed by atoms with E-state index in [1.165, 1.54) is 24.3 Å². The molecular weight excluding hydrogens is 275 g/mol. The first-order valence-electron chi connectivity index (χ1n) is 5.62. The van der Waals surface area contributed by atoms with E-state index in [1.54, 1.807) is 0 Å². The Labute approximate surface area is 111 Å². The van der Waals surface area contributed by atoms with Gasteiger partial charge in [-0.3, -0.25) is 10.1 Å². The number of benzene rings is 2. The molecule has 0 fully saturated rings. The molecule has 0 aliphatic heterocycles. The Kier molecular flexibility index (Phi) is 3.17. The van der Waals surface area contributed by atoms with Gasteiger partial charge in [0, 0.05) is 11.6 Å². The summed E-state index contributed by atoms with van der Waals surface area (Å²) < 4.78 is 38.8. The van der Waals surface area contributed by atoms with Crippen molar-refractivity contribution in [1.29, 1.82) is 0 Å². The highest BCUT2D eigenvalue weighted by molar-refractivity contribution is 5.93. The highest BCUT2D eigenvalue weighted by Gasteiger charge is 2.52. The fourth-order valence-electron chi connectivity index (χ4n) is 2.02. The summed E-state index contributed by atoms with van der Waals surface area (Å²) in [5.74, 6) is 0. The van der Waals surface area contributed by atoms with Crippen molar-refractivity contribution in [2.45, 2.75) is 18.7 Å². The summed E-state index contributed by atoms with van der Waals surface area (Å²) in [5.41, 5.74) is -3.80. The van der Waals surface area contributed by atoms with Crippen LogP contribution in [0.2, 0.25) is 0 Å². The predicted molar refractivity (Wildman–Crippen MR) is 66.2 cm³/mol. The molecule has 1 N–H and O–H groups in total. The van der Waals surface area contributed by atoms with Crippen molar-refractivity contribution in [2.75, 3.05) is 0 Å². The minimum Gasteiger partial charge on any atom is -0.376 e. The largest absolute Gasteiger partial charge is 0.421 e. The fraction of sp³-hybridized carbons (Fsp3) is 0.231. The van der Waals surface area contributed by atoms with Crippen LogP contribution in [-0.4, -0.2) is 16.2 Å². The first kappa shape index (κ1) is 14.3. The Balaban J connectivity index is 2.81. The van der Waals surface area contributed by atoms with Crippen LogP contribution in [-0.2, 0) is 5.60 Å². The van der Waals surface area contributed by atoms with Crippen molar-refractivity contribution in [1.82, 2.24) is 0 Å². The molecule has 4 nitrogen and oxygen atoms in total. The molecule has 20 heavy (non-hydrogen) atoms. The van der Waals surface area contributed by atoms with Crippen LogP contribution in [0.15, 0.2) is 36.4 Å². The standard InChI is InChI=1S/C13H10F3NO3/c1-12(18,13(14,15)16)10-6-7-11(17(19)20)9-5-3-2-4-8(9)10/h2-7,18H,1H3. The van der Waals surface area contributed by atoms with E-state index in [-0.39, 0.29) is 16.5 Å². The van der Waals surface area contributed by atoms with Crippen molar-refractivity contribution < 1.29 is 23.2 Å². The van der Waals surface area contributed by atoms with E-state index in [0.717, 1.165) is 12.1 Å². The highest BCUT2D eigenvalue weighted by atomic mass is 19.4. The molecule has 0 heterocycles. The summed E-state index contributed by atoms with van der Waals surface area (Å²) in [6, 6.07) is 7.52. The molecule has 106 valence electrons. The lowest BCUT2D eigenvalue weighted by Crippen LogP contribution is -2.39. The molecule has 1 unspecified atom stereocenters. The molecule has 2 rings (SSSR count). The van der Waals surface area contributed by atoms with Gasteiger partial charge in [0.1, 0.15) is 0 Å². The first-order valence-corrected chi connectivity index (χ1v) is 5.62. The lowest BCUT2D eigenvalue weighted by Gasteiger charge is -2.27. The van der Waals surface area contributed by atoms with Crippen LogP contribution in [0.25, 0.3) is 10.8 Å². The maximum atomic E-state index is 12.9. The van der Waals surface area contributed by atoms with Gasteiger partial charge in [0.15, 0.2) is 5.60 Å². The number of fused-ring (bicyclic) bond motifs is 1. The third kappa shape index (κ3) is 2.09. The third-order valence-electron chi connectivity index (χ3n) is 3.17. The van der Waals surface area contributed by atoms with Crippen molar-refractivity contribution in [3.05, 3.63) is 52.1 Å². The second kappa shape index (κ2) is 4.45. The highest BCUT2D eigenvalue weighted by Crippen LogP contribution is 2.42. The second-order valence-corrected chi connectivity index (χ2v) is 4.50. The van der Waals surface area contributed by atoms with Crippen LogP contribution < -0.4 is 0 Å². The molecule has 0 radical (unpaired) electrons. The minimum absolute atomic E-state index is 0.00373. The number of non-ortho nitro benzene ring substituents is 1. The van der Waals surface area contributed by atoms with E-state index in [0.29, 0.717) is 6.92 Å². The average Bonchev–Trinajstić information content (AvgIpc) is 2.35. The molecule has 0 bridgehead atoms. The zero-order valence-corrected chi connectivity index (χ0v) is 10.3. The Morgan fingerprint density at radius 3 is 2.15 bits per heavy atom. The maximum Gasteiger partial charge on any atom is 0.421 e. The zero-order chi connectivity index (χ0) is 15.1. The number of hydrogen-bond acceptors (Lipinski definition) is 3. The van der Waals surface area contributed by atoms with E-state index in [1.807, 2.05) is 0 Å². The molecule has 0 amide bonds. The summed E-state index contributed by atoms with van der Waals surface area (Å²) >= 11 is 0. The summed E-state index contributed by atoms with van der Waals surface area (Å²) in [6.45, 7) is 0.626. The van der Waals surface area contributed by atoms with Crippen molar-refractivity contribution in [2.24, 2.45) is 0 Å². The number of hydrogen-bond donors (Lipinski definition) is 1. The van der Waals surface area contributed by atoms with Crippen molar-refractivity contribution in [3.8, 4) is 0 Å². The maximum absolute atomic E-state index is 12.9. The van der Waals surface area contributed by atoms with E-state index in [2.05, 4.69) is 0 Å². The smallest absolute Gasteiger partial charge is 0.376 e. The van der Waals surface area contributed by atoms with Crippen LogP contribution in [0.4, 0.5) is 18.9 Å². The predicted octanol–water partition coefficient (Wildman–Crippen LogP) is 3.52. The quantitative estimate of drug-likeness (QED) is 0.678. The molecule has 0 saturated heterocycles. The van der Waals surface area contributed by atoms with Crippen LogP contribution in [0, 0.1) is 10.1 Å². The van der Waals surface area contributed by atoms with Gasteiger partial charge < -0.3 is 5.11 Å². The van der Waals surface area contributed by atoms with E-state index in [4.69, 9.17) is 0 Å². The van der Waals surface area contributed by atoms with Gasteiger partial charge in [0.2, 0.25) is 0 Å². The molecule has 7 heteroatoms. The summed E-state index contributed by atoms with van der Waals surface area (Å²) in [7, 11) is 0. The normalized spacial score (nSPS) is 15.1. The number of alkyl halides is 3. The van der Waals surface area contributed by atoms with Crippen LogP contribution in [0.1, 0.15) is 12.5 Å². The number of nitro groups is 1. The summed E-state index contributed by atoms with van der Waals surface area (Å²) in [4.78, 5) is 10.2. The topological polar surface area (TPSA) is 63.4 Å². The molecule has 2 aromatic rings. The molecule has 1 atom stereocenters. The van der Waals surface area contributed by atoms with Crippen LogP contribution in [0.3, 0.4) is 0 Å². The molecule has 0 aromatic heterocycles. The van der Waals surface area contributed by atoms with Gasteiger partial charge in [-0.15, -0.1) is 0 Å². The minimum atomic E-state index is -4.88. The number of halogens is 3. The summed E-state index contributed by atoms with van der Waals surface area (Å²) in [6.07, 6.45) is -4.88. The number of nitrogens with zero attached hydrogens (tertiary/aromatic N) is 1. The molecular formula is C13H10F3NO3. The average molecular weight is 285 g/mol. The lowest BCUT2D eigenvalue weighted by molar-refractivity contribution is -0.383. The first-order chi connectivity index (χ1) is 9.16. The van der Waals surface area contributed by atoms with Crippen LogP contribution >= 0.6 is 0 Å². The Morgan fingerprint density at radius 1 is 1.10 bits per heavy atom. The Bertz CT molecular complexity index is 680. The number of nitro benzene ring substituents is 1. The van der Waals surface area contributed by atoms with Gasteiger partial charge in [-0.05, 0) is 24.4 Å². The third-order valence-corrected chi connectivity index (χ3v) is 3.17. The van der Waals surface area contributed by atoms with Gasteiger partial charge in [-0.2, -0.15) is 13.2 Å². The zero-order valence-electron chi connectivity index (χ0n) is 10.3. The van der Waals surface area contributed by atoms with Gasteiger partial charge in [-0.1, -0.05) is 18.2 Å². The Hall–Kier alpha value is -2.15. The van der Waals surface area contributed by atoms with Gasteiger partial charge in [-0.25, -0.2) is 0 Å². The molecule has 0 spiro atoms. The second-order valence-electron chi connectivity index (χ2n) is 4.50. The number of rotatable bonds is 2. The van der Waals surface area contributed by atoms with Crippen LogP contribution in [0.5, 0.6) is 0 Å². The van der Waals surface area contributed by atoms with E-state index in [9.17, 15) is 28.4 Å². The van der Waals surface area contributed by atoms with Gasteiger partial charge in [0.05, 0.1) is 10.3 Å². The summed E-state index contributed by atoms with van der Waals surface area (Å²) in [5, 5.41) is 20.7. The Morgan fingerprint density at radius 2 is 1.65 bits per heavy atom. The molecule has 0 saturated carbocycles. The number of aliphatic hydroxyl groups is 1. The molecule has 0 aliphatic carbocycles. The van der Waals surface area contributed by atoms with Crippen molar-refractivity contribution >= 4 is 16.5 Å².